The first-order chi connectivity index (χ1) is 13.7. The molecule has 0 spiro atoms. The third kappa shape index (κ3) is 3.54. The van der Waals surface area contributed by atoms with Crippen LogP contribution < -0.4 is 0 Å². The predicted molar refractivity (Wildman–Crippen MR) is 124 cm³/mol. The number of aliphatic hydroxyl groups excluding tert-OH is 1. The van der Waals surface area contributed by atoms with E-state index in [1.807, 2.05) is 0 Å². The zero-order valence-corrected chi connectivity index (χ0v) is 20.4. The van der Waals surface area contributed by atoms with E-state index in [-0.39, 0.29) is 11.5 Å². The molecule has 0 heterocycles. The molecule has 4 rings (SSSR count). The largest absolute Gasteiger partial charge is 0.393 e. The molecule has 4 saturated carbocycles. The van der Waals surface area contributed by atoms with Crippen LogP contribution in [0.2, 0.25) is 0 Å². The van der Waals surface area contributed by atoms with E-state index in [4.69, 9.17) is 0 Å². The quantitative estimate of drug-likeness (QED) is 0.499. The summed E-state index contributed by atoms with van der Waals surface area (Å²) in [5.74, 6) is 6.93. The molecule has 1 unspecified atom stereocenters. The molecule has 0 aromatic rings. The Hall–Kier alpha value is -0.0400. The van der Waals surface area contributed by atoms with Gasteiger partial charge in [-0.3, -0.25) is 0 Å². The second-order valence-electron chi connectivity index (χ2n) is 13.0. The minimum Gasteiger partial charge on any atom is -0.393 e. The maximum Gasteiger partial charge on any atom is 0.0599 e. The molecule has 10 atom stereocenters. The number of rotatable bonds is 5. The molecule has 0 amide bonds. The molecular weight excluding hydrogens is 352 g/mol. The molecule has 0 aliphatic heterocycles. The van der Waals surface area contributed by atoms with Gasteiger partial charge >= 0.3 is 0 Å². The van der Waals surface area contributed by atoms with Gasteiger partial charge < -0.3 is 5.11 Å². The van der Waals surface area contributed by atoms with E-state index in [1.165, 1.54) is 64.2 Å². The van der Waals surface area contributed by atoms with Gasteiger partial charge in [0.2, 0.25) is 0 Å². The first-order valence-corrected chi connectivity index (χ1v) is 13.4. The molecule has 0 aromatic heterocycles. The van der Waals surface area contributed by atoms with Crippen molar-refractivity contribution < 1.29 is 5.11 Å². The summed E-state index contributed by atoms with van der Waals surface area (Å²) < 4.78 is 0. The van der Waals surface area contributed by atoms with E-state index in [0.29, 0.717) is 5.41 Å². The van der Waals surface area contributed by atoms with Crippen LogP contribution in [-0.2, 0) is 0 Å². The standard InChI is InChI=1S/C28H50O/c1-18(2)19(3)10-11-20(4)23-14-15-24-22-13-12-21-8-7-9-26(29)28(21,6)25(22)16-17-27(23,24)5/h18-26,29H,7-17H2,1-6H3/t19-,20+,21+,22-,23+,24-,25-,26?,27+,28-/m0/s1. The van der Waals surface area contributed by atoms with Crippen LogP contribution in [0.1, 0.15) is 112 Å². The van der Waals surface area contributed by atoms with E-state index in [1.54, 1.807) is 0 Å². The third-order valence-electron chi connectivity index (χ3n) is 11.7. The summed E-state index contributed by atoms with van der Waals surface area (Å²) in [5, 5.41) is 11.1. The molecule has 0 radical (unpaired) electrons. The zero-order valence-electron chi connectivity index (χ0n) is 20.4. The summed E-state index contributed by atoms with van der Waals surface area (Å²) in [6.07, 6.45) is 15.1. The molecule has 1 heteroatoms. The van der Waals surface area contributed by atoms with E-state index >= 15 is 0 Å². The number of hydrogen-bond donors (Lipinski definition) is 1. The number of fused-ring (bicyclic) bond motifs is 5. The second kappa shape index (κ2) is 8.14. The number of hydrogen-bond acceptors (Lipinski definition) is 1. The van der Waals surface area contributed by atoms with E-state index < -0.39 is 0 Å². The van der Waals surface area contributed by atoms with Gasteiger partial charge in [-0.05, 0) is 110 Å². The van der Waals surface area contributed by atoms with E-state index in [0.717, 1.165) is 53.8 Å². The first kappa shape index (κ1) is 22.2. The van der Waals surface area contributed by atoms with Crippen molar-refractivity contribution in [2.45, 2.75) is 118 Å². The van der Waals surface area contributed by atoms with Crippen molar-refractivity contribution in [3.8, 4) is 0 Å². The van der Waals surface area contributed by atoms with Gasteiger partial charge in [0.15, 0.2) is 0 Å². The van der Waals surface area contributed by atoms with Crippen LogP contribution >= 0.6 is 0 Å². The minimum atomic E-state index is -0.0351. The molecule has 1 nitrogen and oxygen atoms in total. The Bertz CT molecular complexity index is 569. The van der Waals surface area contributed by atoms with Crippen LogP contribution in [0.25, 0.3) is 0 Å². The van der Waals surface area contributed by atoms with Gasteiger partial charge in [0.1, 0.15) is 0 Å². The van der Waals surface area contributed by atoms with Crippen LogP contribution in [0.3, 0.4) is 0 Å². The maximum atomic E-state index is 11.1. The topological polar surface area (TPSA) is 20.2 Å². The van der Waals surface area contributed by atoms with Gasteiger partial charge in [-0.25, -0.2) is 0 Å². The maximum absolute atomic E-state index is 11.1. The lowest BCUT2D eigenvalue weighted by atomic mass is 9.44. The summed E-state index contributed by atoms with van der Waals surface area (Å²) in [6.45, 7) is 15.0. The van der Waals surface area contributed by atoms with Crippen LogP contribution in [0.5, 0.6) is 0 Å². The predicted octanol–water partition coefficient (Wildman–Crippen LogP) is 7.71. The summed E-state index contributed by atoms with van der Waals surface area (Å²) in [6, 6.07) is 0. The first-order valence-electron chi connectivity index (χ1n) is 13.4. The van der Waals surface area contributed by atoms with Crippen molar-refractivity contribution in [3.63, 3.8) is 0 Å². The summed E-state index contributed by atoms with van der Waals surface area (Å²) >= 11 is 0. The van der Waals surface area contributed by atoms with Crippen LogP contribution in [0.15, 0.2) is 0 Å². The fourth-order valence-electron chi connectivity index (χ4n) is 9.35. The SMILES string of the molecule is CC(C)[C@@H](C)CC[C@@H](C)[C@H]1CC[C@H]2[C@@H]3CC[C@H]4CCCC(O)[C@]4(C)[C@H]3CC[C@]12C. The minimum absolute atomic E-state index is 0.0351. The highest BCUT2D eigenvalue weighted by molar-refractivity contribution is 5.10. The van der Waals surface area contributed by atoms with E-state index in [2.05, 4.69) is 41.5 Å². The molecule has 168 valence electrons. The number of aliphatic hydroxyl groups is 1. The Labute approximate surface area is 181 Å². The Morgan fingerprint density at radius 1 is 0.828 bits per heavy atom. The Morgan fingerprint density at radius 3 is 2.31 bits per heavy atom. The highest BCUT2D eigenvalue weighted by atomic mass is 16.3. The van der Waals surface area contributed by atoms with Crippen molar-refractivity contribution in [2.75, 3.05) is 0 Å². The summed E-state index contributed by atoms with van der Waals surface area (Å²) in [4.78, 5) is 0. The molecule has 29 heavy (non-hydrogen) atoms. The van der Waals surface area contributed by atoms with Gasteiger partial charge in [-0.15, -0.1) is 0 Å². The molecule has 4 fully saturated rings. The molecule has 0 bridgehead atoms. The molecule has 0 saturated heterocycles. The molecular formula is C28H50O. The van der Waals surface area contributed by atoms with Gasteiger partial charge in [0, 0.05) is 0 Å². The monoisotopic (exact) mass is 402 g/mol. The van der Waals surface area contributed by atoms with E-state index in [9.17, 15) is 5.11 Å². The molecule has 0 aromatic carbocycles. The highest BCUT2D eigenvalue weighted by Gasteiger charge is 2.61. The summed E-state index contributed by atoms with van der Waals surface area (Å²) in [5.41, 5.74) is 0.795. The van der Waals surface area contributed by atoms with Gasteiger partial charge in [0.05, 0.1) is 6.10 Å². The lowest BCUT2D eigenvalue weighted by Gasteiger charge is -2.62. The molecule has 4 aliphatic rings. The molecule has 1 N–H and O–H groups in total. The van der Waals surface area contributed by atoms with Crippen molar-refractivity contribution in [2.24, 2.45) is 58.2 Å². The normalized spacial score (nSPS) is 49.2. The molecule has 4 aliphatic carbocycles. The van der Waals surface area contributed by atoms with Crippen LogP contribution in [0.4, 0.5) is 0 Å². The lowest BCUT2D eigenvalue weighted by molar-refractivity contribution is -0.164. The smallest absolute Gasteiger partial charge is 0.0599 e. The zero-order chi connectivity index (χ0) is 21.0. The Balaban J connectivity index is 1.48. The van der Waals surface area contributed by atoms with Crippen molar-refractivity contribution >= 4 is 0 Å². The lowest BCUT2D eigenvalue weighted by Crippen LogP contribution is -2.57. The fraction of sp³-hybridized carbons (Fsp3) is 1.00. The average molecular weight is 403 g/mol. The average Bonchev–Trinajstić information content (AvgIpc) is 3.04. The summed E-state index contributed by atoms with van der Waals surface area (Å²) in [7, 11) is 0. The van der Waals surface area contributed by atoms with Gasteiger partial charge in [-0.2, -0.15) is 0 Å². The van der Waals surface area contributed by atoms with Crippen LogP contribution in [-0.4, -0.2) is 11.2 Å². The van der Waals surface area contributed by atoms with Gasteiger partial charge in [0.25, 0.3) is 0 Å². The van der Waals surface area contributed by atoms with Gasteiger partial charge in [-0.1, -0.05) is 60.8 Å². The Kier molecular flexibility index (Phi) is 6.22. The van der Waals surface area contributed by atoms with Crippen LogP contribution in [0, 0.1) is 58.2 Å². The van der Waals surface area contributed by atoms with Crippen molar-refractivity contribution in [1.82, 2.24) is 0 Å². The van der Waals surface area contributed by atoms with Crippen molar-refractivity contribution in [3.05, 3.63) is 0 Å². The Morgan fingerprint density at radius 2 is 1.59 bits per heavy atom. The third-order valence-corrected chi connectivity index (χ3v) is 11.7. The second-order valence-corrected chi connectivity index (χ2v) is 13.0. The van der Waals surface area contributed by atoms with Crippen molar-refractivity contribution in [1.29, 1.82) is 0 Å². The highest BCUT2D eigenvalue weighted by Crippen LogP contribution is 2.68. The fourth-order valence-corrected chi connectivity index (χ4v) is 9.35.